The van der Waals surface area contributed by atoms with E-state index in [1.165, 1.54) is 10.6 Å². The molecule has 29 heavy (non-hydrogen) atoms. The lowest BCUT2D eigenvalue weighted by Gasteiger charge is -2.40. The Hall–Kier alpha value is -2.65. The lowest BCUT2D eigenvalue weighted by molar-refractivity contribution is -0.141. The fraction of sp³-hybridized carbons (Fsp3) is 0.526. The number of amides is 1. The third kappa shape index (κ3) is 3.56. The molecule has 0 saturated carbocycles. The fourth-order valence-electron chi connectivity index (χ4n) is 4.02. The van der Waals surface area contributed by atoms with Crippen LogP contribution in [0.15, 0.2) is 23.0 Å². The number of likely N-dealkylation sites (tertiary alicyclic amines) is 1. The highest BCUT2D eigenvalue weighted by Gasteiger charge is 2.37. The first kappa shape index (κ1) is 19.7. The third-order valence-corrected chi connectivity index (χ3v) is 5.46. The monoisotopic (exact) mass is 412 g/mol. The predicted molar refractivity (Wildman–Crippen MR) is 94.7 cm³/mol. The minimum Gasteiger partial charge on any atom is -0.340 e. The van der Waals surface area contributed by atoms with Crippen molar-refractivity contribution in [2.24, 2.45) is 5.92 Å². The molecule has 0 aliphatic carbocycles. The number of aryl methyl sites for hydroxylation is 1. The van der Waals surface area contributed by atoms with Crippen LogP contribution in [-0.4, -0.2) is 38.2 Å². The quantitative estimate of drug-likeness (QED) is 0.729. The molecule has 1 unspecified atom stereocenters. The number of alkyl halides is 3. The highest BCUT2D eigenvalue weighted by Crippen LogP contribution is 2.32. The van der Waals surface area contributed by atoms with Crippen molar-refractivity contribution in [1.29, 1.82) is 0 Å². The zero-order valence-corrected chi connectivity index (χ0v) is 15.7. The number of fused-ring (bicyclic) bond motifs is 1. The Labute approximate surface area is 163 Å². The van der Waals surface area contributed by atoms with E-state index >= 15 is 0 Å². The number of halogens is 4. The van der Waals surface area contributed by atoms with Gasteiger partial charge in [-0.3, -0.25) is 9.36 Å². The SMILES string of the molecule is CC1CN(C(=O)C2CCCc3nn(Cc4ccc(F)c(C(F)(F)F)c4)c(=O)n32)C1. The van der Waals surface area contributed by atoms with E-state index in [0.717, 1.165) is 10.7 Å². The Morgan fingerprint density at radius 1 is 1.28 bits per heavy atom. The zero-order valence-electron chi connectivity index (χ0n) is 15.7. The lowest BCUT2D eigenvalue weighted by Crippen LogP contribution is -2.52. The number of carbonyl (C=O) groups excluding carboxylic acids is 1. The average Bonchev–Trinajstić information content (AvgIpc) is 2.95. The average molecular weight is 412 g/mol. The van der Waals surface area contributed by atoms with E-state index in [4.69, 9.17) is 0 Å². The lowest BCUT2D eigenvalue weighted by atomic mass is 9.98. The third-order valence-electron chi connectivity index (χ3n) is 5.46. The highest BCUT2D eigenvalue weighted by molar-refractivity contribution is 5.81. The van der Waals surface area contributed by atoms with Crippen LogP contribution < -0.4 is 5.69 Å². The first-order valence-electron chi connectivity index (χ1n) is 9.48. The number of hydrogen-bond acceptors (Lipinski definition) is 3. The fourth-order valence-corrected chi connectivity index (χ4v) is 4.02. The summed E-state index contributed by atoms with van der Waals surface area (Å²) in [7, 11) is 0. The summed E-state index contributed by atoms with van der Waals surface area (Å²) >= 11 is 0. The van der Waals surface area contributed by atoms with Crippen molar-refractivity contribution in [3.05, 3.63) is 51.5 Å². The molecule has 3 heterocycles. The molecule has 1 aromatic heterocycles. The summed E-state index contributed by atoms with van der Waals surface area (Å²) in [5, 5.41) is 4.23. The zero-order chi connectivity index (χ0) is 20.9. The van der Waals surface area contributed by atoms with Gasteiger partial charge in [-0.2, -0.15) is 18.3 Å². The largest absolute Gasteiger partial charge is 0.419 e. The normalized spacial score (nSPS) is 19.8. The van der Waals surface area contributed by atoms with Gasteiger partial charge >= 0.3 is 11.9 Å². The smallest absolute Gasteiger partial charge is 0.340 e. The van der Waals surface area contributed by atoms with Crippen LogP contribution >= 0.6 is 0 Å². The summed E-state index contributed by atoms with van der Waals surface area (Å²) in [6, 6.07) is 1.98. The second-order valence-electron chi connectivity index (χ2n) is 7.79. The van der Waals surface area contributed by atoms with Crippen LogP contribution in [0.1, 0.15) is 42.8 Å². The van der Waals surface area contributed by atoms with E-state index in [9.17, 15) is 27.2 Å². The molecule has 4 rings (SSSR count). The molecule has 156 valence electrons. The Morgan fingerprint density at radius 2 is 2.00 bits per heavy atom. The number of nitrogens with zero attached hydrogens (tertiary/aromatic N) is 4. The van der Waals surface area contributed by atoms with Crippen LogP contribution in [0.3, 0.4) is 0 Å². The molecule has 2 aliphatic rings. The van der Waals surface area contributed by atoms with Gasteiger partial charge in [0.2, 0.25) is 5.91 Å². The molecule has 2 aliphatic heterocycles. The topological polar surface area (TPSA) is 60.1 Å². The molecule has 1 amide bonds. The highest BCUT2D eigenvalue weighted by atomic mass is 19.4. The first-order chi connectivity index (χ1) is 13.6. The molecule has 0 bridgehead atoms. The number of rotatable bonds is 3. The maximum absolute atomic E-state index is 13.5. The van der Waals surface area contributed by atoms with E-state index in [-0.39, 0.29) is 18.0 Å². The molecule has 1 atom stereocenters. The van der Waals surface area contributed by atoms with Gasteiger partial charge in [0.05, 0.1) is 12.1 Å². The summed E-state index contributed by atoms with van der Waals surface area (Å²) in [6.45, 7) is 3.12. The van der Waals surface area contributed by atoms with Crippen molar-refractivity contribution in [3.8, 4) is 0 Å². The van der Waals surface area contributed by atoms with Gasteiger partial charge in [-0.1, -0.05) is 13.0 Å². The molecule has 2 aromatic rings. The van der Waals surface area contributed by atoms with Crippen molar-refractivity contribution in [3.63, 3.8) is 0 Å². The molecule has 0 N–H and O–H groups in total. The summed E-state index contributed by atoms with van der Waals surface area (Å²) in [6.07, 6.45) is -3.09. The Bertz CT molecular complexity index is 1000. The van der Waals surface area contributed by atoms with Gasteiger partial charge in [0.25, 0.3) is 0 Å². The van der Waals surface area contributed by atoms with E-state index in [2.05, 4.69) is 5.10 Å². The second kappa shape index (κ2) is 7.00. The Morgan fingerprint density at radius 3 is 2.66 bits per heavy atom. The number of benzene rings is 1. The van der Waals surface area contributed by atoms with Crippen molar-refractivity contribution in [2.45, 2.75) is 44.9 Å². The second-order valence-corrected chi connectivity index (χ2v) is 7.79. The molecule has 0 radical (unpaired) electrons. The van der Waals surface area contributed by atoms with Gasteiger partial charge in [-0.05, 0) is 36.5 Å². The summed E-state index contributed by atoms with van der Waals surface area (Å²) in [5.74, 6) is -0.604. The van der Waals surface area contributed by atoms with Gasteiger partial charge in [-0.15, -0.1) is 0 Å². The summed E-state index contributed by atoms with van der Waals surface area (Å²) in [4.78, 5) is 27.3. The van der Waals surface area contributed by atoms with Crippen molar-refractivity contribution in [2.75, 3.05) is 13.1 Å². The van der Waals surface area contributed by atoms with Crippen molar-refractivity contribution >= 4 is 5.91 Å². The molecule has 0 spiro atoms. The van der Waals surface area contributed by atoms with Gasteiger partial charge in [-0.25, -0.2) is 13.9 Å². The van der Waals surface area contributed by atoms with Gasteiger partial charge in [0.15, 0.2) is 0 Å². The molecular formula is C19H20F4N4O2. The van der Waals surface area contributed by atoms with E-state index in [0.29, 0.717) is 50.2 Å². The van der Waals surface area contributed by atoms with Crippen LogP contribution in [0.2, 0.25) is 0 Å². The van der Waals surface area contributed by atoms with Gasteiger partial charge in [0.1, 0.15) is 17.7 Å². The minimum atomic E-state index is -4.83. The van der Waals surface area contributed by atoms with Crippen molar-refractivity contribution in [1.82, 2.24) is 19.2 Å². The van der Waals surface area contributed by atoms with Gasteiger partial charge in [0, 0.05) is 19.5 Å². The van der Waals surface area contributed by atoms with E-state index in [1.807, 2.05) is 6.92 Å². The predicted octanol–water partition coefficient (Wildman–Crippen LogP) is 2.61. The summed E-state index contributed by atoms with van der Waals surface area (Å²) < 4.78 is 54.7. The van der Waals surface area contributed by atoms with Crippen LogP contribution in [0.4, 0.5) is 17.6 Å². The standard InChI is InChI=1S/C19H20F4N4O2/c1-11-8-25(9-11)17(28)15-3-2-4-16-24-26(18(29)27(15)16)10-12-5-6-14(20)13(7-12)19(21,22)23/h5-7,11,15H,2-4,8-10H2,1H3. The molecule has 1 saturated heterocycles. The minimum absolute atomic E-state index is 0.107. The molecular weight excluding hydrogens is 392 g/mol. The maximum Gasteiger partial charge on any atom is 0.419 e. The van der Waals surface area contributed by atoms with Gasteiger partial charge < -0.3 is 4.90 Å². The Balaban J connectivity index is 1.63. The van der Waals surface area contributed by atoms with Crippen LogP contribution in [0.25, 0.3) is 0 Å². The van der Waals surface area contributed by atoms with Crippen LogP contribution in [0.5, 0.6) is 0 Å². The van der Waals surface area contributed by atoms with Crippen molar-refractivity contribution < 1.29 is 22.4 Å². The van der Waals surface area contributed by atoms with Crippen LogP contribution in [0, 0.1) is 11.7 Å². The maximum atomic E-state index is 13.5. The van der Waals surface area contributed by atoms with E-state index < -0.39 is 29.3 Å². The number of aromatic nitrogens is 3. The number of carbonyl (C=O) groups is 1. The molecule has 1 aromatic carbocycles. The van der Waals surface area contributed by atoms with Crippen LogP contribution in [-0.2, 0) is 23.9 Å². The molecule has 10 heteroatoms. The first-order valence-corrected chi connectivity index (χ1v) is 9.48. The number of hydrogen-bond donors (Lipinski definition) is 0. The Kier molecular flexibility index (Phi) is 4.74. The summed E-state index contributed by atoms with van der Waals surface area (Å²) in [5.41, 5.74) is -1.81. The van der Waals surface area contributed by atoms with E-state index in [1.54, 1.807) is 4.90 Å². The molecule has 1 fully saturated rings. The molecule has 6 nitrogen and oxygen atoms in total.